The fourth-order valence-corrected chi connectivity index (χ4v) is 2.96. The van der Waals surface area contributed by atoms with E-state index in [0.29, 0.717) is 31.8 Å². The molecule has 132 valence electrons. The summed E-state index contributed by atoms with van der Waals surface area (Å²) in [5, 5.41) is 13.0. The van der Waals surface area contributed by atoms with Gasteiger partial charge < -0.3 is 20.1 Å². The smallest absolute Gasteiger partial charge is 0.254 e. The van der Waals surface area contributed by atoms with Gasteiger partial charge >= 0.3 is 0 Å². The van der Waals surface area contributed by atoms with Crippen molar-refractivity contribution < 1.29 is 14.6 Å². The number of likely N-dealkylation sites (tertiary alicyclic amines) is 1. The van der Waals surface area contributed by atoms with Gasteiger partial charge in [0.15, 0.2) is 0 Å². The van der Waals surface area contributed by atoms with Crippen molar-refractivity contribution in [2.75, 3.05) is 31.6 Å². The molecule has 5 nitrogen and oxygen atoms in total. The molecule has 2 aromatic carbocycles. The van der Waals surface area contributed by atoms with Crippen LogP contribution >= 0.6 is 0 Å². The predicted octanol–water partition coefficient (Wildman–Crippen LogP) is 2.77. The summed E-state index contributed by atoms with van der Waals surface area (Å²) in [6, 6.07) is 17.2. The second-order valence-electron chi connectivity index (χ2n) is 6.22. The Morgan fingerprint density at radius 3 is 2.84 bits per heavy atom. The second kappa shape index (κ2) is 8.53. The van der Waals surface area contributed by atoms with Gasteiger partial charge in [-0.1, -0.05) is 24.3 Å². The van der Waals surface area contributed by atoms with E-state index in [-0.39, 0.29) is 5.91 Å². The fourth-order valence-electron chi connectivity index (χ4n) is 2.96. The van der Waals surface area contributed by atoms with Gasteiger partial charge in [-0.25, -0.2) is 0 Å². The topological polar surface area (TPSA) is 61.8 Å². The molecule has 0 spiro atoms. The number of carbonyl (C=O) groups excluding carboxylic acids is 1. The molecule has 1 atom stereocenters. The maximum Gasteiger partial charge on any atom is 0.254 e. The van der Waals surface area contributed by atoms with Crippen LogP contribution in [-0.2, 0) is 0 Å². The van der Waals surface area contributed by atoms with Crippen LogP contribution in [0.5, 0.6) is 5.75 Å². The number of rotatable bonds is 6. The normalized spacial score (nSPS) is 17.2. The Balaban J connectivity index is 1.51. The van der Waals surface area contributed by atoms with Gasteiger partial charge in [0.05, 0.1) is 6.10 Å². The second-order valence-corrected chi connectivity index (χ2v) is 6.22. The summed E-state index contributed by atoms with van der Waals surface area (Å²) in [4.78, 5) is 14.3. The quantitative estimate of drug-likeness (QED) is 0.794. The molecule has 1 fully saturated rings. The number of nitrogens with zero attached hydrogens (tertiary/aromatic N) is 1. The number of ether oxygens (including phenoxy) is 1. The summed E-state index contributed by atoms with van der Waals surface area (Å²) in [7, 11) is 0. The minimum absolute atomic E-state index is 0.0251. The molecule has 2 N–H and O–H groups in total. The van der Waals surface area contributed by atoms with Gasteiger partial charge in [-0.2, -0.15) is 0 Å². The molecule has 3 rings (SSSR count). The maximum atomic E-state index is 12.6. The lowest BCUT2D eigenvalue weighted by Crippen LogP contribution is -2.42. The lowest BCUT2D eigenvalue weighted by atomic mass is 10.1. The van der Waals surface area contributed by atoms with Crippen LogP contribution < -0.4 is 10.1 Å². The molecule has 0 bridgehead atoms. The van der Waals surface area contributed by atoms with Crippen LogP contribution in [0.4, 0.5) is 5.69 Å². The first kappa shape index (κ1) is 17.3. The van der Waals surface area contributed by atoms with Crippen molar-refractivity contribution in [2.45, 2.75) is 18.9 Å². The van der Waals surface area contributed by atoms with Gasteiger partial charge in [-0.3, -0.25) is 4.79 Å². The van der Waals surface area contributed by atoms with Gasteiger partial charge in [-0.15, -0.1) is 0 Å². The van der Waals surface area contributed by atoms with Crippen LogP contribution in [0, 0.1) is 0 Å². The van der Waals surface area contributed by atoms with Gasteiger partial charge in [0.25, 0.3) is 5.91 Å². The molecular formula is C20H24N2O3. The average molecular weight is 340 g/mol. The summed E-state index contributed by atoms with van der Waals surface area (Å²) in [5.41, 5.74) is 1.53. The highest BCUT2D eigenvalue weighted by molar-refractivity contribution is 5.95. The number of aliphatic hydroxyl groups excluding tert-OH is 1. The highest BCUT2D eigenvalue weighted by Crippen LogP contribution is 2.17. The van der Waals surface area contributed by atoms with Crippen molar-refractivity contribution >= 4 is 11.6 Å². The fraction of sp³-hybridized carbons (Fsp3) is 0.350. The van der Waals surface area contributed by atoms with Crippen LogP contribution in [0.2, 0.25) is 0 Å². The minimum atomic E-state index is -0.408. The number of nitrogens with one attached hydrogen (secondary N) is 1. The summed E-state index contributed by atoms with van der Waals surface area (Å²) in [5.74, 6) is 0.819. The Morgan fingerprint density at radius 2 is 2.04 bits per heavy atom. The Kier molecular flexibility index (Phi) is 5.90. The molecule has 0 radical (unpaired) electrons. The molecule has 0 saturated carbocycles. The number of para-hydroxylation sites is 1. The Morgan fingerprint density at radius 1 is 1.20 bits per heavy atom. The maximum absolute atomic E-state index is 12.6. The lowest BCUT2D eigenvalue weighted by molar-refractivity contribution is 0.0474. The summed E-state index contributed by atoms with van der Waals surface area (Å²) in [6.07, 6.45) is 1.21. The number of amides is 1. The van der Waals surface area contributed by atoms with Crippen LogP contribution in [0.3, 0.4) is 0 Å². The van der Waals surface area contributed by atoms with E-state index in [1.807, 2.05) is 54.6 Å². The Labute approximate surface area is 148 Å². The number of hydrogen-bond acceptors (Lipinski definition) is 4. The van der Waals surface area contributed by atoms with Crippen molar-refractivity contribution in [3.8, 4) is 5.75 Å². The van der Waals surface area contributed by atoms with Gasteiger partial charge in [-0.05, 0) is 43.2 Å². The summed E-state index contributed by atoms with van der Waals surface area (Å²) < 4.78 is 5.65. The highest BCUT2D eigenvalue weighted by Gasteiger charge is 2.23. The molecule has 1 aliphatic heterocycles. The van der Waals surface area contributed by atoms with Crippen molar-refractivity contribution in [1.82, 2.24) is 4.90 Å². The number of aliphatic hydroxyl groups is 1. The molecule has 0 aromatic heterocycles. The van der Waals surface area contributed by atoms with E-state index in [1.165, 1.54) is 0 Å². The minimum Gasteiger partial charge on any atom is -0.492 e. The van der Waals surface area contributed by atoms with Crippen LogP contribution in [0.25, 0.3) is 0 Å². The van der Waals surface area contributed by atoms with Gasteiger partial charge in [0.1, 0.15) is 12.4 Å². The Bertz CT molecular complexity index is 690. The Hall–Kier alpha value is -2.53. The largest absolute Gasteiger partial charge is 0.492 e. The van der Waals surface area contributed by atoms with E-state index >= 15 is 0 Å². The zero-order valence-corrected chi connectivity index (χ0v) is 14.2. The van der Waals surface area contributed by atoms with Crippen LogP contribution in [0.15, 0.2) is 54.6 Å². The molecule has 0 aliphatic carbocycles. The average Bonchev–Trinajstić information content (AvgIpc) is 2.66. The summed E-state index contributed by atoms with van der Waals surface area (Å²) >= 11 is 0. The summed E-state index contributed by atoms with van der Waals surface area (Å²) in [6.45, 7) is 2.31. The third-order valence-electron chi connectivity index (χ3n) is 4.24. The third kappa shape index (κ3) is 4.97. The van der Waals surface area contributed by atoms with E-state index in [2.05, 4.69) is 5.32 Å². The van der Waals surface area contributed by atoms with E-state index < -0.39 is 6.10 Å². The standard InChI is InChI=1S/C20H24N2O3/c23-18-8-5-12-22(15-18)20(24)16-6-4-7-17(14-16)21-11-13-25-19-9-2-1-3-10-19/h1-4,6-7,9-10,14,18,21,23H,5,8,11-13,15H2/t18-/m1/s1. The zero-order valence-electron chi connectivity index (χ0n) is 14.2. The number of anilines is 1. The van der Waals surface area contributed by atoms with Gasteiger partial charge in [0.2, 0.25) is 0 Å². The molecule has 1 aliphatic rings. The molecule has 2 aromatic rings. The van der Waals surface area contributed by atoms with E-state index in [9.17, 15) is 9.90 Å². The monoisotopic (exact) mass is 340 g/mol. The molecule has 0 unspecified atom stereocenters. The van der Waals surface area contributed by atoms with Crippen molar-refractivity contribution in [3.63, 3.8) is 0 Å². The predicted molar refractivity (Wildman–Crippen MR) is 98.0 cm³/mol. The first-order chi connectivity index (χ1) is 12.2. The molecule has 25 heavy (non-hydrogen) atoms. The molecule has 1 amide bonds. The number of piperidine rings is 1. The van der Waals surface area contributed by atoms with Crippen LogP contribution in [-0.4, -0.2) is 48.3 Å². The molecule has 1 heterocycles. The third-order valence-corrected chi connectivity index (χ3v) is 4.24. The zero-order chi connectivity index (χ0) is 17.5. The highest BCUT2D eigenvalue weighted by atomic mass is 16.5. The molecule has 1 saturated heterocycles. The first-order valence-electron chi connectivity index (χ1n) is 8.71. The first-order valence-corrected chi connectivity index (χ1v) is 8.71. The van der Waals surface area contributed by atoms with E-state index in [0.717, 1.165) is 24.3 Å². The molecular weight excluding hydrogens is 316 g/mol. The van der Waals surface area contributed by atoms with Crippen molar-refractivity contribution in [1.29, 1.82) is 0 Å². The lowest BCUT2D eigenvalue weighted by Gasteiger charge is -2.30. The van der Waals surface area contributed by atoms with Gasteiger partial charge in [0, 0.05) is 30.9 Å². The van der Waals surface area contributed by atoms with E-state index in [1.54, 1.807) is 4.90 Å². The number of hydrogen-bond donors (Lipinski definition) is 2. The SMILES string of the molecule is O=C(c1cccc(NCCOc2ccccc2)c1)N1CCC[C@@H](O)C1. The van der Waals surface area contributed by atoms with Crippen LogP contribution in [0.1, 0.15) is 23.2 Å². The number of benzene rings is 2. The number of β-amino-alcohol motifs (C(OH)–C–C–N with tert-alkyl or cyclic N) is 1. The van der Waals surface area contributed by atoms with E-state index in [4.69, 9.17) is 4.74 Å². The number of carbonyl (C=O) groups is 1. The van der Waals surface area contributed by atoms with Crippen molar-refractivity contribution in [3.05, 3.63) is 60.2 Å². The van der Waals surface area contributed by atoms with Crippen molar-refractivity contribution in [2.24, 2.45) is 0 Å². The molecule has 5 heteroatoms.